The van der Waals surface area contributed by atoms with Crippen molar-refractivity contribution in [3.63, 3.8) is 0 Å². The van der Waals surface area contributed by atoms with Crippen molar-refractivity contribution in [1.29, 1.82) is 10.5 Å². The summed E-state index contributed by atoms with van der Waals surface area (Å²) in [7, 11) is 0. The molecule has 88 valence electrons. The molecule has 1 aromatic rings. The van der Waals surface area contributed by atoms with E-state index in [2.05, 4.69) is 6.07 Å². The van der Waals surface area contributed by atoms with Crippen LogP contribution in [0.5, 0.6) is 0 Å². The molecule has 0 aromatic heterocycles. The van der Waals surface area contributed by atoms with E-state index in [1.54, 1.807) is 6.26 Å². The summed E-state index contributed by atoms with van der Waals surface area (Å²) < 4.78 is 5.04. The van der Waals surface area contributed by atoms with E-state index in [0.717, 1.165) is 11.1 Å². The van der Waals surface area contributed by atoms with Crippen LogP contribution in [0.1, 0.15) is 38.8 Å². The predicted molar refractivity (Wildman–Crippen MR) is 64.8 cm³/mol. The number of nitriles is 2. The standard InChI is InChI=1S/C14H16N2O/c1-13(2,9-15)11-6-5-7-12(8-11)14(3,4)17-10-16/h5-8H,1-4H3. The minimum atomic E-state index is -0.670. The molecule has 3 nitrogen and oxygen atoms in total. The molecule has 0 unspecified atom stereocenters. The Balaban J connectivity index is 3.21. The van der Waals surface area contributed by atoms with Gasteiger partial charge in [-0.15, -0.1) is 0 Å². The van der Waals surface area contributed by atoms with Crippen LogP contribution in [0.3, 0.4) is 0 Å². The lowest BCUT2D eigenvalue weighted by Crippen LogP contribution is -2.21. The van der Waals surface area contributed by atoms with Crippen LogP contribution >= 0.6 is 0 Å². The third-order valence-electron chi connectivity index (χ3n) is 2.86. The van der Waals surface area contributed by atoms with E-state index >= 15 is 0 Å². The highest BCUT2D eigenvalue weighted by molar-refractivity contribution is 5.35. The molecule has 0 heterocycles. The topological polar surface area (TPSA) is 56.8 Å². The van der Waals surface area contributed by atoms with E-state index in [0.29, 0.717) is 0 Å². The molecule has 1 aromatic carbocycles. The molecule has 0 aliphatic heterocycles. The summed E-state index contributed by atoms with van der Waals surface area (Å²) in [5, 5.41) is 17.7. The van der Waals surface area contributed by atoms with Gasteiger partial charge >= 0.3 is 0 Å². The summed E-state index contributed by atoms with van der Waals surface area (Å²) in [6, 6.07) is 9.87. The van der Waals surface area contributed by atoms with E-state index in [4.69, 9.17) is 15.3 Å². The number of ether oxygens (including phenoxy) is 1. The average molecular weight is 228 g/mol. The van der Waals surface area contributed by atoms with Crippen LogP contribution in [0.25, 0.3) is 0 Å². The highest BCUT2D eigenvalue weighted by Crippen LogP contribution is 2.29. The van der Waals surface area contributed by atoms with Crippen LogP contribution in [-0.2, 0) is 15.8 Å². The van der Waals surface area contributed by atoms with Gasteiger partial charge in [0.25, 0.3) is 6.26 Å². The zero-order valence-corrected chi connectivity index (χ0v) is 10.6. The maximum atomic E-state index is 9.11. The second-order valence-electron chi connectivity index (χ2n) is 5.02. The van der Waals surface area contributed by atoms with Crippen molar-refractivity contribution in [2.75, 3.05) is 0 Å². The first-order valence-electron chi connectivity index (χ1n) is 5.43. The second-order valence-corrected chi connectivity index (χ2v) is 5.02. The van der Waals surface area contributed by atoms with Gasteiger partial charge in [-0.05, 0) is 38.8 Å². The Morgan fingerprint density at radius 3 is 2.18 bits per heavy atom. The van der Waals surface area contributed by atoms with Gasteiger partial charge in [-0.2, -0.15) is 10.5 Å². The van der Waals surface area contributed by atoms with Crippen molar-refractivity contribution >= 4 is 0 Å². The van der Waals surface area contributed by atoms with Crippen LogP contribution in [0, 0.1) is 22.8 Å². The maximum Gasteiger partial charge on any atom is 0.287 e. The number of hydrogen-bond acceptors (Lipinski definition) is 3. The van der Waals surface area contributed by atoms with E-state index < -0.39 is 11.0 Å². The number of rotatable bonds is 3. The van der Waals surface area contributed by atoms with Crippen LogP contribution in [0.4, 0.5) is 0 Å². The summed E-state index contributed by atoms with van der Waals surface area (Å²) in [4.78, 5) is 0. The molecule has 0 atom stereocenters. The molecule has 0 aliphatic rings. The molecule has 3 heteroatoms. The third-order valence-corrected chi connectivity index (χ3v) is 2.86. The molecular weight excluding hydrogens is 212 g/mol. The van der Waals surface area contributed by atoms with E-state index in [9.17, 15) is 0 Å². The van der Waals surface area contributed by atoms with Gasteiger partial charge in [-0.25, -0.2) is 0 Å². The lowest BCUT2D eigenvalue weighted by Gasteiger charge is -2.24. The first-order chi connectivity index (χ1) is 7.83. The Bertz CT molecular complexity index is 490. The van der Waals surface area contributed by atoms with Crippen LogP contribution in [0.15, 0.2) is 24.3 Å². The summed E-state index contributed by atoms with van der Waals surface area (Å²) in [5.74, 6) is 0. The Morgan fingerprint density at radius 2 is 1.65 bits per heavy atom. The Labute approximate surface area is 102 Å². The Morgan fingerprint density at radius 1 is 1.06 bits per heavy atom. The van der Waals surface area contributed by atoms with Crippen LogP contribution < -0.4 is 0 Å². The molecule has 1 rings (SSSR count). The lowest BCUT2D eigenvalue weighted by molar-refractivity contribution is 0.0701. The fraction of sp³-hybridized carbons (Fsp3) is 0.429. The molecule has 0 fully saturated rings. The average Bonchev–Trinajstić information content (AvgIpc) is 2.29. The van der Waals surface area contributed by atoms with Gasteiger partial charge in [0.05, 0.1) is 11.5 Å². The summed E-state index contributed by atoms with van der Waals surface area (Å²) >= 11 is 0. The molecule has 0 spiro atoms. The van der Waals surface area contributed by atoms with Crippen molar-refractivity contribution < 1.29 is 4.74 Å². The van der Waals surface area contributed by atoms with Gasteiger partial charge in [0.2, 0.25) is 0 Å². The molecular formula is C14H16N2O. The first-order valence-corrected chi connectivity index (χ1v) is 5.43. The zero-order valence-electron chi connectivity index (χ0n) is 10.6. The van der Waals surface area contributed by atoms with Crippen LogP contribution in [0.2, 0.25) is 0 Å². The van der Waals surface area contributed by atoms with Crippen molar-refractivity contribution in [3.05, 3.63) is 35.4 Å². The zero-order chi connectivity index (χ0) is 13.1. The third kappa shape index (κ3) is 2.77. The van der Waals surface area contributed by atoms with Gasteiger partial charge in [0.15, 0.2) is 0 Å². The van der Waals surface area contributed by atoms with E-state index in [1.165, 1.54) is 0 Å². The fourth-order valence-corrected chi connectivity index (χ4v) is 1.52. The quantitative estimate of drug-likeness (QED) is 0.746. The highest BCUT2D eigenvalue weighted by atomic mass is 16.5. The molecule has 0 amide bonds. The molecule has 0 aliphatic carbocycles. The van der Waals surface area contributed by atoms with Crippen molar-refractivity contribution in [2.45, 2.75) is 38.7 Å². The number of benzene rings is 1. The number of nitrogens with zero attached hydrogens (tertiary/aromatic N) is 2. The largest absolute Gasteiger partial charge is 0.417 e. The van der Waals surface area contributed by atoms with Crippen LogP contribution in [-0.4, -0.2) is 0 Å². The Kier molecular flexibility index (Phi) is 3.44. The summed E-state index contributed by atoms with van der Waals surface area (Å²) in [6.45, 7) is 7.39. The predicted octanol–water partition coefficient (Wildman–Crippen LogP) is 3.22. The molecule has 0 N–H and O–H groups in total. The highest BCUT2D eigenvalue weighted by Gasteiger charge is 2.26. The van der Waals surface area contributed by atoms with Crippen molar-refractivity contribution in [2.24, 2.45) is 0 Å². The van der Waals surface area contributed by atoms with Gasteiger partial charge < -0.3 is 4.74 Å². The van der Waals surface area contributed by atoms with Gasteiger partial charge in [0.1, 0.15) is 5.60 Å². The molecule has 0 radical (unpaired) electrons. The van der Waals surface area contributed by atoms with Gasteiger partial charge in [0, 0.05) is 0 Å². The molecule has 0 bridgehead atoms. The molecule has 0 saturated carbocycles. The fourth-order valence-electron chi connectivity index (χ4n) is 1.52. The SMILES string of the molecule is CC(C)(C#N)c1cccc(C(C)(C)OC#N)c1. The second kappa shape index (κ2) is 4.47. The first kappa shape index (κ1) is 13.1. The summed E-state index contributed by atoms with van der Waals surface area (Å²) in [5.41, 5.74) is 0.599. The van der Waals surface area contributed by atoms with Gasteiger partial charge in [-0.3, -0.25) is 0 Å². The smallest absolute Gasteiger partial charge is 0.287 e. The number of hydrogen-bond donors (Lipinski definition) is 0. The van der Waals surface area contributed by atoms with Crippen molar-refractivity contribution in [3.8, 4) is 12.3 Å². The minimum Gasteiger partial charge on any atom is -0.417 e. The molecule has 17 heavy (non-hydrogen) atoms. The maximum absolute atomic E-state index is 9.11. The summed E-state index contributed by atoms with van der Waals surface area (Å²) in [6.07, 6.45) is 1.71. The lowest BCUT2D eigenvalue weighted by atomic mass is 9.83. The van der Waals surface area contributed by atoms with E-state index in [-0.39, 0.29) is 0 Å². The monoisotopic (exact) mass is 228 g/mol. The van der Waals surface area contributed by atoms with E-state index in [1.807, 2.05) is 52.0 Å². The Hall–Kier alpha value is -2.00. The molecule has 0 saturated heterocycles. The van der Waals surface area contributed by atoms with Gasteiger partial charge in [-0.1, -0.05) is 24.3 Å². The normalized spacial score (nSPS) is 11.4. The minimum absolute atomic E-state index is 0.543. The van der Waals surface area contributed by atoms with Crippen molar-refractivity contribution in [1.82, 2.24) is 0 Å².